The van der Waals surface area contributed by atoms with Crippen molar-refractivity contribution in [2.75, 3.05) is 39.3 Å². The van der Waals surface area contributed by atoms with Crippen molar-refractivity contribution in [1.29, 1.82) is 0 Å². The third-order valence-electron chi connectivity index (χ3n) is 3.82. The number of nitrogens with zero attached hydrogens (tertiary/aromatic N) is 3. The second-order valence-corrected chi connectivity index (χ2v) is 5.34. The van der Waals surface area contributed by atoms with Crippen molar-refractivity contribution in [3.8, 4) is 0 Å². The lowest BCUT2D eigenvalue weighted by atomic mass is 10.0. The van der Waals surface area contributed by atoms with Crippen LogP contribution in [0.1, 0.15) is 13.8 Å². The summed E-state index contributed by atoms with van der Waals surface area (Å²) in [6.07, 6.45) is 0. The van der Waals surface area contributed by atoms with Crippen LogP contribution in [0.25, 0.3) is 0 Å². The fraction of sp³-hybridized carbons (Fsp3) is 0.833. The van der Waals surface area contributed by atoms with E-state index in [2.05, 4.69) is 18.7 Å². The highest BCUT2D eigenvalue weighted by Gasteiger charge is 2.38. The van der Waals surface area contributed by atoms with Crippen molar-refractivity contribution in [3.05, 3.63) is 0 Å². The summed E-state index contributed by atoms with van der Waals surface area (Å²) in [5, 5.41) is 8.78. The Hall–Kier alpha value is -1.30. The molecule has 2 aliphatic heterocycles. The van der Waals surface area contributed by atoms with E-state index in [9.17, 15) is 9.59 Å². The highest BCUT2D eigenvalue weighted by atomic mass is 16.4. The number of carboxylic acids is 1. The van der Waals surface area contributed by atoms with Crippen LogP contribution in [0.2, 0.25) is 0 Å². The molecule has 0 bridgehead atoms. The van der Waals surface area contributed by atoms with Crippen molar-refractivity contribution in [3.63, 3.8) is 0 Å². The predicted molar refractivity (Wildman–Crippen MR) is 66.4 cm³/mol. The van der Waals surface area contributed by atoms with Crippen molar-refractivity contribution in [1.82, 2.24) is 14.7 Å². The number of amides is 2. The van der Waals surface area contributed by atoms with Crippen molar-refractivity contribution in [2.24, 2.45) is 5.92 Å². The van der Waals surface area contributed by atoms with Crippen molar-refractivity contribution < 1.29 is 14.7 Å². The molecule has 18 heavy (non-hydrogen) atoms. The highest BCUT2D eigenvalue weighted by Crippen LogP contribution is 2.18. The SMILES string of the molecule is CC(C)N1CCN(C(=O)N2CC(C(=O)O)C2)CC1. The van der Waals surface area contributed by atoms with Gasteiger partial charge in [0.15, 0.2) is 0 Å². The molecular weight excluding hydrogens is 234 g/mol. The molecule has 0 aromatic carbocycles. The minimum atomic E-state index is -0.802. The lowest BCUT2D eigenvalue weighted by Crippen LogP contribution is -2.60. The lowest BCUT2D eigenvalue weighted by Gasteiger charge is -2.43. The van der Waals surface area contributed by atoms with Gasteiger partial charge in [0.05, 0.1) is 5.92 Å². The minimum Gasteiger partial charge on any atom is -0.481 e. The fourth-order valence-electron chi connectivity index (χ4n) is 2.42. The van der Waals surface area contributed by atoms with E-state index in [0.717, 1.165) is 26.2 Å². The van der Waals surface area contributed by atoms with E-state index in [1.54, 1.807) is 4.90 Å². The normalized spacial score (nSPS) is 22.2. The van der Waals surface area contributed by atoms with Gasteiger partial charge in [-0.05, 0) is 13.8 Å². The van der Waals surface area contributed by atoms with Crippen LogP contribution >= 0.6 is 0 Å². The first-order valence-corrected chi connectivity index (χ1v) is 6.49. The predicted octanol–water partition coefficient (Wildman–Crippen LogP) is 0.149. The van der Waals surface area contributed by atoms with Crippen LogP contribution in [0.15, 0.2) is 0 Å². The monoisotopic (exact) mass is 255 g/mol. The quantitative estimate of drug-likeness (QED) is 0.763. The zero-order chi connectivity index (χ0) is 13.3. The van der Waals surface area contributed by atoms with E-state index in [4.69, 9.17) is 5.11 Å². The molecular formula is C12H21N3O3. The minimum absolute atomic E-state index is 0.00379. The van der Waals surface area contributed by atoms with Crippen LogP contribution in [0, 0.1) is 5.92 Å². The van der Waals surface area contributed by atoms with Gasteiger partial charge in [-0.1, -0.05) is 0 Å². The molecule has 0 aliphatic carbocycles. The Kier molecular flexibility index (Phi) is 3.75. The van der Waals surface area contributed by atoms with E-state index in [0.29, 0.717) is 19.1 Å². The molecule has 0 aromatic rings. The van der Waals surface area contributed by atoms with Gasteiger partial charge in [-0.15, -0.1) is 0 Å². The van der Waals surface area contributed by atoms with Gasteiger partial charge in [-0.2, -0.15) is 0 Å². The number of carbonyl (C=O) groups excluding carboxylic acids is 1. The van der Waals surface area contributed by atoms with Gasteiger partial charge in [0.1, 0.15) is 0 Å². The average molecular weight is 255 g/mol. The van der Waals surface area contributed by atoms with E-state index < -0.39 is 5.97 Å². The first kappa shape index (κ1) is 13.1. The number of aliphatic carboxylic acids is 1. The third-order valence-corrected chi connectivity index (χ3v) is 3.82. The zero-order valence-electron chi connectivity index (χ0n) is 11.0. The summed E-state index contributed by atoms with van der Waals surface area (Å²) in [5.41, 5.74) is 0. The first-order valence-electron chi connectivity index (χ1n) is 6.49. The fourth-order valence-corrected chi connectivity index (χ4v) is 2.42. The Balaban J connectivity index is 1.77. The smallest absolute Gasteiger partial charge is 0.320 e. The largest absolute Gasteiger partial charge is 0.481 e. The Labute approximate surface area is 107 Å². The molecule has 2 amide bonds. The molecule has 2 rings (SSSR count). The molecule has 2 fully saturated rings. The van der Waals surface area contributed by atoms with Crippen LogP contribution in [0.3, 0.4) is 0 Å². The molecule has 0 saturated carbocycles. The summed E-state index contributed by atoms with van der Waals surface area (Å²) < 4.78 is 0. The number of hydrogen-bond acceptors (Lipinski definition) is 3. The maximum Gasteiger partial charge on any atom is 0.320 e. The van der Waals surface area contributed by atoms with E-state index >= 15 is 0 Å². The first-order chi connectivity index (χ1) is 8.49. The molecule has 1 N–H and O–H groups in total. The molecule has 0 aromatic heterocycles. The second-order valence-electron chi connectivity index (χ2n) is 5.34. The summed E-state index contributed by atoms with van der Waals surface area (Å²) in [6, 6.07) is 0.513. The number of urea groups is 1. The lowest BCUT2D eigenvalue weighted by molar-refractivity contribution is -0.146. The topological polar surface area (TPSA) is 64.1 Å². The Morgan fingerprint density at radius 2 is 1.61 bits per heavy atom. The van der Waals surface area contributed by atoms with E-state index in [1.807, 2.05) is 4.90 Å². The average Bonchev–Trinajstić information content (AvgIpc) is 2.26. The number of likely N-dealkylation sites (tertiary alicyclic amines) is 1. The molecule has 0 spiro atoms. The third kappa shape index (κ3) is 2.58. The summed E-state index contributed by atoms with van der Waals surface area (Å²) in [5.74, 6) is -1.17. The maximum absolute atomic E-state index is 12.1. The van der Waals surface area contributed by atoms with Crippen LogP contribution < -0.4 is 0 Å². The number of rotatable bonds is 2. The summed E-state index contributed by atoms with van der Waals surface area (Å²) in [7, 11) is 0. The maximum atomic E-state index is 12.1. The van der Waals surface area contributed by atoms with Crippen LogP contribution in [-0.2, 0) is 4.79 Å². The summed E-state index contributed by atoms with van der Waals surface area (Å²) in [6.45, 7) is 8.32. The summed E-state index contributed by atoms with van der Waals surface area (Å²) in [4.78, 5) is 28.6. The molecule has 0 atom stereocenters. The molecule has 6 heteroatoms. The van der Waals surface area contributed by atoms with Gasteiger partial charge in [-0.3, -0.25) is 9.69 Å². The molecule has 2 saturated heterocycles. The van der Waals surface area contributed by atoms with Gasteiger partial charge in [0, 0.05) is 45.3 Å². The summed E-state index contributed by atoms with van der Waals surface area (Å²) >= 11 is 0. The van der Waals surface area contributed by atoms with Crippen molar-refractivity contribution in [2.45, 2.75) is 19.9 Å². The number of carboxylic acid groups (broad SMARTS) is 1. The van der Waals surface area contributed by atoms with Gasteiger partial charge in [0.25, 0.3) is 0 Å². The van der Waals surface area contributed by atoms with Crippen LogP contribution in [0.5, 0.6) is 0 Å². The highest BCUT2D eigenvalue weighted by molar-refractivity contribution is 5.79. The Morgan fingerprint density at radius 3 is 2.06 bits per heavy atom. The van der Waals surface area contributed by atoms with E-state index in [-0.39, 0.29) is 11.9 Å². The van der Waals surface area contributed by atoms with Crippen LogP contribution in [0.4, 0.5) is 4.79 Å². The standard InChI is InChI=1S/C12H21N3O3/c1-9(2)13-3-5-14(6-4-13)12(18)15-7-10(8-15)11(16)17/h9-10H,3-8H2,1-2H3,(H,16,17). The molecule has 102 valence electrons. The molecule has 2 heterocycles. The molecule has 0 radical (unpaired) electrons. The van der Waals surface area contributed by atoms with Crippen molar-refractivity contribution >= 4 is 12.0 Å². The second kappa shape index (κ2) is 5.14. The van der Waals surface area contributed by atoms with Gasteiger partial charge in [-0.25, -0.2) is 4.79 Å². The Bertz CT molecular complexity index is 331. The molecule has 2 aliphatic rings. The number of carbonyl (C=O) groups is 2. The molecule has 6 nitrogen and oxygen atoms in total. The van der Waals surface area contributed by atoms with Gasteiger partial charge < -0.3 is 14.9 Å². The Morgan fingerprint density at radius 1 is 1.06 bits per heavy atom. The van der Waals surface area contributed by atoms with Crippen LogP contribution in [-0.4, -0.2) is 77.1 Å². The van der Waals surface area contributed by atoms with Gasteiger partial charge >= 0.3 is 12.0 Å². The van der Waals surface area contributed by atoms with E-state index in [1.165, 1.54) is 0 Å². The molecule has 0 unspecified atom stereocenters. The number of hydrogen-bond donors (Lipinski definition) is 1. The zero-order valence-corrected chi connectivity index (χ0v) is 11.0. The van der Waals surface area contributed by atoms with Gasteiger partial charge in [0.2, 0.25) is 0 Å². The number of piperazine rings is 1.